The zero-order chi connectivity index (χ0) is 18.4. The number of anilines is 1. The van der Waals surface area contributed by atoms with E-state index in [2.05, 4.69) is 10.6 Å². The zero-order valence-corrected chi connectivity index (χ0v) is 14.6. The van der Waals surface area contributed by atoms with Crippen molar-refractivity contribution in [1.82, 2.24) is 10.2 Å². The largest absolute Gasteiger partial charge is 0.481 e. The first kappa shape index (κ1) is 18.8. The Morgan fingerprint density at radius 1 is 1.24 bits per heavy atom. The van der Waals surface area contributed by atoms with Gasteiger partial charge in [0.15, 0.2) is 0 Å². The number of nitrogens with one attached hydrogen (secondary N) is 2. The van der Waals surface area contributed by atoms with Crippen molar-refractivity contribution < 1.29 is 19.5 Å². The van der Waals surface area contributed by atoms with E-state index in [4.69, 9.17) is 5.11 Å². The van der Waals surface area contributed by atoms with Gasteiger partial charge in [-0.05, 0) is 30.5 Å². The first-order valence-corrected chi connectivity index (χ1v) is 8.52. The Balaban J connectivity index is 1.83. The van der Waals surface area contributed by atoms with Crippen molar-refractivity contribution in [2.45, 2.75) is 33.2 Å². The molecule has 1 aromatic carbocycles. The molecule has 0 spiro atoms. The summed E-state index contributed by atoms with van der Waals surface area (Å²) < 4.78 is 0. The molecule has 1 unspecified atom stereocenters. The summed E-state index contributed by atoms with van der Waals surface area (Å²) in [6.07, 6.45) is 1.32. The number of piperidine rings is 1. The maximum absolute atomic E-state index is 12.2. The fraction of sp³-hybridized carbons (Fsp3) is 0.500. The molecule has 1 aliphatic rings. The van der Waals surface area contributed by atoms with Gasteiger partial charge in [0.25, 0.3) is 0 Å². The van der Waals surface area contributed by atoms with Crippen LogP contribution in [-0.4, -0.2) is 41.0 Å². The fourth-order valence-corrected chi connectivity index (χ4v) is 2.65. The third kappa shape index (κ3) is 5.48. The number of carboxylic acids is 1. The number of hydrogen-bond donors (Lipinski definition) is 3. The maximum atomic E-state index is 12.2. The summed E-state index contributed by atoms with van der Waals surface area (Å²) in [5.74, 6) is -1.46. The second-order valence-corrected chi connectivity index (χ2v) is 6.62. The van der Waals surface area contributed by atoms with Crippen LogP contribution in [0.1, 0.15) is 32.3 Å². The van der Waals surface area contributed by atoms with Crippen LogP contribution in [0.4, 0.5) is 10.5 Å². The van der Waals surface area contributed by atoms with Crippen molar-refractivity contribution in [3.05, 3.63) is 29.8 Å². The SMILES string of the molecule is CC(C)C(=O)Nc1ccc(CNC(=O)N2CCCC(C(=O)O)C2)cc1. The smallest absolute Gasteiger partial charge is 0.317 e. The number of rotatable bonds is 5. The molecule has 0 aliphatic carbocycles. The number of likely N-dealkylation sites (tertiary alicyclic amines) is 1. The minimum absolute atomic E-state index is 0.0425. The van der Waals surface area contributed by atoms with Crippen LogP contribution in [0.2, 0.25) is 0 Å². The number of aliphatic carboxylic acids is 1. The third-order valence-corrected chi connectivity index (χ3v) is 4.25. The van der Waals surface area contributed by atoms with Gasteiger partial charge in [0.1, 0.15) is 0 Å². The third-order valence-electron chi connectivity index (χ3n) is 4.25. The number of benzene rings is 1. The molecule has 136 valence electrons. The molecule has 2 rings (SSSR count). The van der Waals surface area contributed by atoms with E-state index in [1.165, 1.54) is 0 Å². The summed E-state index contributed by atoms with van der Waals surface area (Å²) in [5.41, 5.74) is 1.62. The molecule has 0 radical (unpaired) electrons. The number of urea groups is 1. The van der Waals surface area contributed by atoms with Crippen LogP contribution in [0.25, 0.3) is 0 Å². The maximum Gasteiger partial charge on any atom is 0.317 e. The Hall–Kier alpha value is -2.57. The Morgan fingerprint density at radius 2 is 1.92 bits per heavy atom. The summed E-state index contributed by atoms with van der Waals surface area (Å²) in [5, 5.41) is 14.7. The van der Waals surface area contributed by atoms with E-state index >= 15 is 0 Å². The molecule has 1 saturated heterocycles. The lowest BCUT2D eigenvalue weighted by Gasteiger charge is -2.30. The van der Waals surface area contributed by atoms with Crippen LogP contribution in [0.3, 0.4) is 0 Å². The predicted molar refractivity (Wildman–Crippen MR) is 94.1 cm³/mol. The van der Waals surface area contributed by atoms with Crippen molar-refractivity contribution in [2.24, 2.45) is 11.8 Å². The zero-order valence-electron chi connectivity index (χ0n) is 14.6. The van der Waals surface area contributed by atoms with E-state index < -0.39 is 11.9 Å². The van der Waals surface area contributed by atoms with Gasteiger partial charge in [-0.1, -0.05) is 26.0 Å². The molecule has 7 nitrogen and oxygen atoms in total. The molecule has 0 saturated carbocycles. The van der Waals surface area contributed by atoms with Gasteiger partial charge in [-0.3, -0.25) is 9.59 Å². The van der Waals surface area contributed by atoms with Gasteiger partial charge >= 0.3 is 12.0 Å². The first-order chi connectivity index (χ1) is 11.9. The molecular formula is C18H25N3O4. The molecule has 3 N–H and O–H groups in total. The number of carbonyl (C=O) groups is 3. The second kappa shape index (κ2) is 8.50. The summed E-state index contributed by atoms with van der Waals surface area (Å²) in [7, 11) is 0. The van der Waals surface area contributed by atoms with E-state index in [1.54, 1.807) is 17.0 Å². The van der Waals surface area contributed by atoms with Crippen molar-refractivity contribution in [3.8, 4) is 0 Å². The van der Waals surface area contributed by atoms with E-state index in [0.29, 0.717) is 31.6 Å². The normalized spacial score (nSPS) is 17.2. The van der Waals surface area contributed by atoms with Crippen LogP contribution in [0.15, 0.2) is 24.3 Å². The van der Waals surface area contributed by atoms with E-state index in [-0.39, 0.29) is 24.4 Å². The Morgan fingerprint density at radius 3 is 2.52 bits per heavy atom. The first-order valence-electron chi connectivity index (χ1n) is 8.52. The molecule has 0 aromatic heterocycles. The fourth-order valence-electron chi connectivity index (χ4n) is 2.65. The highest BCUT2D eigenvalue weighted by molar-refractivity contribution is 5.92. The minimum Gasteiger partial charge on any atom is -0.481 e. The highest BCUT2D eigenvalue weighted by Crippen LogP contribution is 2.17. The van der Waals surface area contributed by atoms with Gasteiger partial charge in [0, 0.05) is 31.2 Å². The summed E-state index contributed by atoms with van der Waals surface area (Å²) in [6, 6.07) is 7.02. The molecule has 1 aromatic rings. The number of amides is 3. The van der Waals surface area contributed by atoms with Gasteiger partial charge in [0.2, 0.25) is 5.91 Å². The van der Waals surface area contributed by atoms with E-state index in [9.17, 15) is 14.4 Å². The van der Waals surface area contributed by atoms with Gasteiger partial charge < -0.3 is 20.6 Å². The van der Waals surface area contributed by atoms with E-state index in [0.717, 1.165) is 5.56 Å². The number of nitrogens with zero attached hydrogens (tertiary/aromatic N) is 1. The molecule has 1 heterocycles. The molecule has 7 heteroatoms. The van der Waals surface area contributed by atoms with Crippen molar-refractivity contribution in [3.63, 3.8) is 0 Å². The molecule has 1 fully saturated rings. The number of carbonyl (C=O) groups excluding carboxylic acids is 2. The molecule has 1 aliphatic heterocycles. The Bertz CT molecular complexity index is 628. The van der Waals surface area contributed by atoms with E-state index in [1.807, 2.05) is 26.0 Å². The van der Waals surface area contributed by atoms with Crippen LogP contribution >= 0.6 is 0 Å². The summed E-state index contributed by atoms with van der Waals surface area (Å²) in [6.45, 7) is 4.84. The van der Waals surface area contributed by atoms with Crippen molar-refractivity contribution >= 4 is 23.6 Å². The average molecular weight is 347 g/mol. The van der Waals surface area contributed by atoms with Crippen molar-refractivity contribution in [2.75, 3.05) is 18.4 Å². The summed E-state index contributed by atoms with van der Waals surface area (Å²) in [4.78, 5) is 36.5. The Labute approximate surface area is 147 Å². The molecular weight excluding hydrogens is 322 g/mol. The standard InChI is InChI=1S/C18H25N3O4/c1-12(2)16(22)20-15-7-5-13(6-8-15)10-19-18(25)21-9-3-4-14(11-21)17(23)24/h5-8,12,14H,3-4,9-11H2,1-2H3,(H,19,25)(H,20,22)(H,23,24). The van der Waals surface area contributed by atoms with Crippen LogP contribution in [-0.2, 0) is 16.1 Å². The predicted octanol–water partition coefficient (Wildman–Crippen LogP) is 2.29. The van der Waals surface area contributed by atoms with Gasteiger partial charge in [-0.15, -0.1) is 0 Å². The monoisotopic (exact) mass is 347 g/mol. The van der Waals surface area contributed by atoms with Crippen LogP contribution < -0.4 is 10.6 Å². The number of carboxylic acid groups (broad SMARTS) is 1. The lowest BCUT2D eigenvalue weighted by atomic mass is 9.99. The van der Waals surface area contributed by atoms with Gasteiger partial charge in [0.05, 0.1) is 5.92 Å². The van der Waals surface area contributed by atoms with Gasteiger partial charge in [-0.2, -0.15) is 0 Å². The quantitative estimate of drug-likeness (QED) is 0.761. The molecule has 25 heavy (non-hydrogen) atoms. The average Bonchev–Trinajstić information content (AvgIpc) is 2.60. The molecule has 0 bridgehead atoms. The highest BCUT2D eigenvalue weighted by Gasteiger charge is 2.27. The number of hydrogen-bond acceptors (Lipinski definition) is 3. The lowest BCUT2D eigenvalue weighted by molar-refractivity contribution is -0.143. The molecule has 3 amide bonds. The highest BCUT2D eigenvalue weighted by atomic mass is 16.4. The molecule has 1 atom stereocenters. The lowest BCUT2D eigenvalue weighted by Crippen LogP contribution is -2.46. The second-order valence-electron chi connectivity index (χ2n) is 6.62. The topological polar surface area (TPSA) is 98.7 Å². The van der Waals surface area contributed by atoms with Crippen LogP contribution in [0, 0.1) is 11.8 Å². The van der Waals surface area contributed by atoms with Crippen LogP contribution in [0.5, 0.6) is 0 Å². The van der Waals surface area contributed by atoms with Crippen molar-refractivity contribution in [1.29, 1.82) is 0 Å². The summed E-state index contributed by atoms with van der Waals surface area (Å²) >= 11 is 0. The minimum atomic E-state index is -0.850. The Kier molecular flexibility index (Phi) is 6.38. The van der Waals surface area contributed by atoms with Gasteiger partial charge in [-0.25, -0.2) is 4.79 Å².